The van der Waals surface area contributed by atoms with E-state index in [1.54, 1.807) is 42.5 Å². The number of para-hydroxylation sites is 1. The second-order valence-corrected chi connectivity index (χ2v) is 6.11. The Morgan fingerprint density at radius 3 is 2.62 bits per heavy atom. The second-order valence-electron chi connectivity index (χ2n) is 6.11. The van der Waals surface area contributed by atoms with Gasteiger partial charge in [0.25, 0.3) is 0 Å². The molecule has 0 aliphatic rings. The number of amides is 2. The molecule has 0 aliphatic heterocycles. The van der Waals surface area contributed by atoms with Gasteiger partial charge in [-0.05, 0) is 24.3 Å². The van der Waals surface area contributed by atoms with Crippen molar-refractivity contribution in [2.75, 3.05) is 19.0 Å². The van der Waals surface area contributed by atoms with Gasteiger partial charge in [0.15, 0.2) is 0 Å². The van der Waals surface area contributed by atoms with Crippen molar-refractivity contribution in [1.82, 2.24) is 5.32 Å². The van der Waals surface area contributed by atoms with Crippen molar-refractivity contribution in [3.8, 4) is 5.75 Å². The molecule has 0 aliphatic carbocycles. The third-order valence-corrected chi connectivity index (χ3v) is 4.07. The molecule has 0 spiro atoms. The third kappa shape index (κ3) is 5.58. The first-order valence-corrected chi connectivity index (χ1v) is 8.91. The maximum Gasteiger partial charge on any atom is 0.336 e. The molecule has 1 aromatic heterocycles. The molecule has 3 aromatic rings. The van der Waals surface area contributed by atoms with E-state index < -0.39 is 17.6 Å². The number of hydrogen-bond acceptors (Lipinski definition) is 6. The van der Waals surface area contributed by atoms with Crippen LogP contribution in [0.3, 0.4) is 0 Å². The van der Waals surface area contributed by atoms with Crippen LogP contribution in [0.2, 0.25) is 0 Å². The molecule has 2 amide bonds. The van der Waals surface area contributed by atoms with Gasteiger partial charge >= 0.3 is 17.6 Å². The standard InChI is InChI=1S/C21H20N2O6/c1-27-16-7-8-17-14(11-20(25)29-18(17)12-16)13-28-19(24)9-10-22-21(26)23-15-5-3-2-4-6-15/h2-8,11-12H,9-10,13H2,1H3,(H2,22,23,26). The van der Waals surface area contributed by atoms with Gasteiger partial charge in [0.2, 0.25) is 0 Å². The zero-order chi connectivity index (χ0) is 20.6. The molecule has 8 heteroatoms. The number of benzene rings is 2. The van der Waals surface area contributed by atoms with Gasteiger partial charge < -0.3 is 24.5 Å². The molecule has 0 atom stereocenters. The topological polar surface area (TPSA) is 107 Å². The first kappa shape index (κ1) is 19.9. The summed E-state index contributed by atoms with van der Waals surface area (Å²) in [5.74, 6) is 0.0505. The monoisotopic (exact) mass is 396 g/mol. The lowest BCUT2D eigenvalue weighted by atomic mass is 10.1. The lowest BCUT2D eigenvalue weighted by molar-refractivity contribution is -0.144. The van der Waals surface area contributed by atoms with Crippen LogP contribution < -0.4 is 21.0 Å². The van der Waals surface area contributed by atoms with E-state index >= 15 is 0 Å². The third-order valence-electron chi connectivity index (χ3n) is 4.07. The van der Waals surface area contributed by atoms with Gasteiger partial charge in [0.05, 0.1) is 13.5 Å². The van der Waals surface area contributed by atoms with Crippen LogP contribution >= 0.6 is 0 Å². The molecule has 0 bridgehead atoms. The van der Waals surface area contributed by atoms with E-state index in [4.69, 9.17) is 13.9 Å². The summed E-state index contributed by atoms with van der Waals surface area (Å²) in [7, 11) is 1.51. The van der Waals surface area contributed by atoms with E-state index in [9.17, 15) is 14.4 Å². The average molecular weight is 396 g/mol. The molecule has 150 valence electrons. The fraction of sp³-hybridized carbons (Fsp3) is 0.190. The molecule has 0 unspecified atom stereocenters. The zero-order valence-electron chi connectivity index (χ0n) is 15.8. The summed E-state index contributed by atoms with van der Waals surface area (Å²) in [5.41, 5.74) is 0.985. The molecular formula is C21H20N2O6. The lowest BCUT2D eigenvalue weighted by Crippen LogP contribution is -2.30. The summed E-state index contributed by atoms with van der Waals surface area (Å²) in [4.78, 5) is 35.5. The molecule has 2 aromatic carbocycles. The summed E-state index contributed by atoms with van der Waals surface area (Å²) in [6.45, 7) is 0.0375. The Hall–Kier alpha value is -3.81. The molecule has 8 nitrogen and oxygen atoms in total. The van der Waals surface area contributed by atoms with Gasteiger partial charge in [-0.25, -0.2) is 9.59 Å². The molecule has 3 rings (SSSR count). The molecular weight excluding hydrogens is 376 g/mol. The van der Waals surface area contributed by atoms with Crippen LogP contribution in [-0.4, -0.2) is 25.7 Å². The highest BCUT2D eigenvalue weighted by Crippen LogP contribution is 2.23. The maximum absolute atomic E-state index is 12.0. The Labute approximate surface area is 166 Å². The molecule has 29 heavy (non-hydrogen) atoms. The maximum atomic E-state index is 12.0. The summed E-state index contributed by atoms with van der Waals surface area (Å²) in [6.07, 6.45) is -0.00456. The Morgan fingerprint density at radius 1 is 1.07 bits per heavy atom. The molecule has 0 fully saturated rings. The number of anilines is 1. The number of ether oxygens (including phenoxy) is 2. The Balaban J connectivity index is 1.50. The minimum absolute atomic E-state index is 0.00456. The first-order valence-electron chi connectivity index (χ1n) is 8.91. The number of urea groups is 1. The molecule has 0 saturated heterocycles. The average Bonchev–Trinajstić information content (AvgIpc) is 2.72. The Morgan fingerprint density at radius 2 is 1.86 bits per heavy atom. The van der Waals surface area contributed by atoms with Gasteiger partial charge in [0, 0.05) is 35.3 Å². The van der Waals surface area contributed by atoms with E-state index in [1.807, 2.05) is 6.07 Å². The minimum atomic E-state index is -0.545. The number of rotatable bonds is 7. The predicted molar refractivity (Wildman–Crippen MR) is 107 cm³/mol. The molecule has 0 radical (unpaired) electrons. The highest BCUT2D eigenvalue weighted by Gasteiger charge is 2.10. The van der Waals surface area contributed by atoms with E-state index in [1.165, 1.54) is 13.2 Å². The van der Waals surface area contributed by atoms with E-state index in [0.717, 1.165) is 0 Å². The minimum Gasteiger partial charge on any atom is -0.497 e. The second kappa shape index (κ2) is 9.41. The van der Waals surface area contributed by atoms with Crippen LogP contribution in [0, 0.1) is 0 Å². The summed E-state index contributed by atoms with van der Waals surface area (Å²) in [6, 6.07) is 14.9. The fourth-order valence-electron chi connectivity index (χ4n) is 2.66. The van der Waals surface area contributed by atoms with Crippen molar-refractivity contribution in [3.05, 3.63) is 70.6 Å². The quantitative estimate of drug-likeness (QED) is 0.470. The van der Waals surface area contributed by atoms with Gasteiger partial charge in [0.1, 0.15) is 17.9 Å². The van der Waals surface area contributed by atoms with E-state index in [0.29, 0.717) is 28.0 Å². The highest BCUT2D eigenvalue weighted by atomic mass is 16.5. The molecule has 2 N–H and O–H groups in total. The summed E-state index contributed by atoms with van der Waals surface area (Å²) in [5, 5.41) is 5.88. The highest BCUT2D eigenvalue weighted by molar-refractivity contribution is 5.89. The first-order chi connectivity index (χ1) is 14.0. The number of methoxy groups -OCH3 is 1. The van der Waals surface area contributed by atoms with Gasteiger partial charge in [-0.15, -0.1) is 0 Å². The van der Waals surface area contributed by atoms with Crippen LogP contribution in [0.15, 0.2) is 63.8 Å². The number of nitrogens with one attached hydrogen (secondary N) is 2. The number of carbonyl (C=O) groups excluding carboxylic acids is 2. The number of hydrogen-bond donors (Lipinski definition) is 2. The number of esters is 1. The van der Waals surface area contributed by atoms with Crippen molar-refractivity contribution in [2.45, 2.75) is 13.0 Å². The van der Waals surface area contributed by atoms with Gasteiger partial charge in [-0.3, -0.25) is 4.79 Å². The SMILES string of the molecule is COc1ccc2c(COC(=O)CCNC(=O)Nc3ccccc3)cc(=O)oc2c1. The predicted octanol–water partition coefficient (Wildman–Crippen LogP) is 3.06. The Bertz CT molecular complexity index is 1060. The van der Waals surface area contributed by atoms with Crippen molar-refractivity contribution in [3.63, 3.8) is 0 Å². The normalized spacial score (nSPS) is 10.4. The van der Waals surface area contributed by atoms with Crippen LogP contribution in [0.1, 0.15) is 12.0 Å². The lowest BCUT2D eigenvalue weighted by Gasteiger charge is -2.09. The van der Waals surface area contributed by atoms with Crippen molar-refractivity contribution in [1.29, 1.82) is 0 Å². The zero-order valence-corrected chi connectivity index (χ0v) is 15.8. The van der Waals surface area contributed by atoms with Crippen molar-refractivity contribution >= 4 is 28.7 Å². The molecule has 0 saturated carbocycles. The van der Waals surface area contributed by atoms with Crippen molar-refractivity contribution in [2.24, 2.45) is 0 Å². The smallest absolute Gasteiger partial charge is 0.336 e. The van der Waals surface area contributed by atoms with Crippen LogP contribution in [0.25, 0.3) is 11.0 Å². The van der Waals surface area contributed by atoms with Crippen LogP contribution in [-0.2, 0) is 16.1 Å². The number of carbonyl (C=O) groups is 2. The van der Waals surface area contributed by atoms with Gasteiger partial charge in [-0.2, -0.15) is 0 Å². The largest absolute Gasteiger partial charge is 0.497 e. The van der Waals surface area contributed by atoms with Gasteiger partial charge in [-0.1, -0.05) is 18.2 Å². The summed E-state index contributed by atoms with van der Waals surface area (Å²) >= 11 is 0. The Kier molecular flexibility index (Phi) is 6.47. The summed E-state index contributed by atoms with van der Waals surface area (Å²) < 4.78 is 15.5. The van der Waals surface area contributed by atoms with E-state index in [-0.39, 0.29) is 19.6 Å². The molecule has 1 heterocycles. The van der Waals surface area contributed by atoms with Crippen molar-refractivity contribution < 1.29 is 23.5 Å². The van der Waals surface area contributed by atoms with E-state index in [2.05, 4.69) is 10.6 Å². The fourth-order valence-corrected chi connectivity index (χ4v) is 2.66. The van der Waals surface area contributed by atoms with Crippen LogP contribution in [0.5, 0.6) is 5.75 Å². The van der Waals surface area contributed by atoms with Crippen LogP contribution in [0.4, 0.5) is 10.5 Å². The number of fused-ring (bicyclic) bond motifs is 1.